The first-order valence-electron chi connectivity index (χ1n) is 9.24. The number of anilines is 1. The summed E-state index contributed by atoms with van der Waals surface area (Å²) in [6.07, 6.45) is 0.280. The molecule has 0 radical (unpaired) electrons. The van der Waals surface area contributed by atoms with Gasteiger partial charge >= 0.3 is 0 Å². The summed E-state index contributed by atoms with van der Waals surface area (Å²) < 4.78 is 6.48. The molecule has 29 heavy (non-hydrogen) atoms. The van der Waals surface area contributed by atoms with Gasteiger partial charge in [-0.25, -0.2) is 4.98 Å². The highest BCUT2D eigenvalue weighted by Crippen LogP contribution is 2.24. The number of methoxy groups -OCH3 is 1. The molecule has 0 unspecified atom stereocenters. The molecule has 0 aliphatic carbocycles. The minimum Gasteiger partial charge on any atom is -0.496 e. The summed E-state index contributed by atoms with van der Waals surface area (Å²) in [5.41, 5.74) is 3.96. The summed E-state index contributed by atoms with van der Waals surface area (Å²) in [6.45, 7) is 3.42. The van der Waals surface area contributed by atoms with Crippen LogP contribution >= 0.6 is 27.3 Å². The molecule has 3 rings (SSSR count). The van der Waals surface area contributed by atoms with Gasteiger partial charge in [-0.1, -0.05) is 34.1 Å². The molecule has 0 saturated carbocycles. The molecule has 0 aliphatic rings. The van der Waals surface area contributed by atoms with Gasteiger partial charge in [0.05, 0.1) is 19.2 Å². The van der Waals surface area contributed by atoms with Gasteiger partial charge in [-0.15, -0.1) is 11.3 Å². The molecular formula is C22H24BrN3O2S. The topological polar surface area (TPSA) is 54.5 Å². The number of benzene rings is 2. The molecule has 0 bridgehead atoms. The largest absolute Gasteiger partial charge is 0.496 e. The van der Waals surface area contributed by atoms with E-state index in [-0.39, 0.29) is 12.3 Å². The van der Waals surface area contributed by atoms with Gasteiger partial charge in [-0.3, -0.25) is 9.69 Å². The lowest BCUT2D eigenvalue weighted by atomic mass is 10.2. The summed E-state index contributed by atoms with van der Waals surface area (Å²) in [6, 6.07) is 13.8. The molecule has 7 heteroatoms. The SMILES string of the molecule is COc1ccc(Br)cc1CN(C)Cc1csc(CC(=O)Nc2ccccc2C)n1. The van der Waals surface area contributed by atoms with Crippen LogP contribution in [0.5, 0.6) is 5.75 Å². The number of aromatic nitrogens is 1. The van der Waals surface area contributed by atoms with E-state index >= 15 is 0 Å². The number of nitrogens with one attached hydrogen (secondary N) is 1. The molecule has 0 saturated heterocycles. The van der Waals surface area contributed by atoms with Gasteiger partial charge in [0.1, 0.15) is 10.8 Å². The Balaban J connectivity index is 1.56. The third-order valence-corrected chi connectivity index (χ3v) is 5.84. The van der Waals surface area contributed by atoms with Gasteiger partial charge in [-0.2, -0.15) is 0 Å². The predicted octanol–water partition coefficient (Wildman–Crippen LogP) is 5.04. The second-order valence-electron chi connectivity index (χ2n) is 6.90. The van der Waals surface area contributed by atoms with E-state index in [1.807, 2.05) is 55.7 Å². The monoisotopic (exact) mass is 473 g/mol. The minimum absolute atomic E-state index is 0.0487. The van der Waals surface area contributed by atoms with Gasteiger partial charge in [0, 0.05) is 34.2 Å². The molecule has 152 valence electrons. The van der Waals surface area contributed by atoms with Crippen LogP contribution < -0.4 is 10.1 Å². The maximum atomic E-state index is 12.3. The molecule has 0 spiro atoms. The maximum Gasteiger partial charge on any atom is 0.231 e. The molecule has 1 amide bonds. The minimum atomic E-state index is -0.0487. The summed E-state index contributed by atoms with van der Waals surface area (Å²) in [5, 5.41) is 5.80. The van der Waals surface area contributed by atoms with Crippen molar-refractivity contribution in [3.63, 3.8) is 0 Å². The van der Waals surface area contributed by atoms with Crippen LogP contribution in [0.3, 0.4) is 0 Å². The molecule has 0 fully saturated rings. The van der Waals surface area contributed by atoms with E-state index in [4.69, 9.17) is 4.74 Å². The van der Waals surface area contributed by atoms with Crippen LogP contribution in [0.25, 0.3) is 0 Å². The molecule has 3 aromatic rings. The zero-order chi connectivity index (χ0) is 20.8. The Morgan fingerprint density at radius 1 is 1.24 bits per heavy atom. The van der Waals surface area contributed by atoms with E-state index in [0.717, 1.165) is 44.3 Å². The lowest BCUT2D eigenvalue weighted by Gasteiger charge is -2.17. The van der Waals surface area contributed by atoms with E-state index < -0.39 is 0 Å². The number of nitrogens with zero attached hydrogens (tertiary/aromatic N) is 2. The van der Waals surface area contributed by atoms with Gasteiger partial charge in [0.15, 0.2) is 0 Å². The van der Waals surface area contributed by atoms with Crippen LogP contribution in [0.15, 0.2) is 52.3 Å². The predicted molar refractivity (Wildman–Crippen MR) is 121 cm³/mol. The van der Waals surface area contributed by atoms with Crippen molar-refractivity contribution in [1.82, 2.24) is 9.88 Å². The number of aryl methyl sites for hydroxylation is 1. The number of carbonyl (C=O) groups excluding carboxylic acids is 1. The van der Waals surface area contributed by atoms with E-state index in [0.29, 0.717) is 6.54 Å². The molecule has 1 heterocycles. The van der Waals surface area contributed by atoms with Crippen molar-refractivity contribution >= 4 is 38.9 Å². The van der Waals surface area contributed by atoms with Crippen molar-refractivity contribution in [2.75, 3.05) is 19.5 Å². The number of para-hydroxylation sites is 1. The van der Waals surface area contributed by atoms with Crippen LogP contribution in [-0.4, -0.2) is 29.9 Å². The van der Waals surface area contributed by atoms with Crippen molar-refractivity contribution in [2.24, 2.45) is 0 Å². The summed E-state index contributed by atoms with van der Waals surface area (Å²) in [5.74, 6) is 0.819. The Kier molecular flexibility index (Phi) is 7.41. The zero-order valence-electron chi connectivity index (χ0n) is 16.7. The number of carbonyl (C=O) groups is 1. The third-order valence-electron chi connectivity index (χ3n) is 4.44. The molecule has 0 aliphatic heterocycles. The first-order valence-corrected chi connectivity index (χ1v) is 10.9. The molecule has 5 nitrogen and oxygen atoms in total. The van der Waals surface area contributed by atoms with Gasteiger partial charge < -0.3 is 10.1 Å². The lowest BCUT2D eigenvalue weighted by molar-refractivity contribution is -0.115. The second kappa shape index (κ2) is 10.0. The highest BCUT2D eigenvalue weighted by molar-refractivity contribution is 9.10. The number of hydrogen-bond acceptors (Lipinski definition) is 5. The summed E-state index contributed by atoms with van der Waals surface area (Å²) >= 11 is 5.03. The van der Waals surface area contributed by atoms with Crippen LogP contribution in [-0.2, 0) is 24.3 Å². The Bertz CT molecular complexity index is 990. The standard InChI is InChI=1S/C22H24BrN3O2S/c1-15-6-4-5-7-19(15)25-21(27)11-22-24-18(14-29-22)13-26(2)12-16-10-17(23)8-9-20(16)28-3/h4-10,14H,11-13H2,1-3H3,(H,25,27). The van der Waals surface area contributed by atoms with E-state index in [9.17, 15) is 4.79 Å². The average Bonchev–Trinajstić information content (AvgIpc) is 3.10. The van der Waals surface area contributed by atoms with Crippen molar-refractivity contribution in [3.8, 4) is 5.75 Å². The van der Waals surface area contributed by atoms with Crippen LogP contribution in [0, 0.1) is 6.92 Å². The molecule has 2 aromatic carbocycles. The number of thiazole rings is 1. The maximum absolute atomic E-state index is 12.3. The molecular weight excluding hydrogens is 450 g/mol. The number of ether oxygens (including phenoxy) is 1. The number of rotatable bonds is 8. The fraction of sp³-hybridized carbons (Fsp3) is 0.273. The highest BCUT2D eigenvalue weighted by atomic mass is 79.9. The smallest absolute Gasteiger partial charge is 0.231 e. The molecule has 1 N–H and O–H groups in total. The van der Waals surface area contributed by atoms with Gasteiger partial charge in [-0.05, 0) is 43.8 Å². The van der Waals surface area contributed by atoms with Crippen LogP contribution in [0.2, 0.25) is 0 Å². The van der Waals surface area contributed by atoms with Crippen molar-refractivity contribution in [2.45, 2.75) is 26.4 Å². The van der Waals surface area contributed by atoms with Crippen molar-refractivity contribution in [1.29, 1.82) is 0 Å². The van der Waals surface area contributed by atoms with Gasteiger partial charge in [0.25, 0.3) is 0 Å². The highest BCUT2D eigenvalue weighted by Gasteiger charge is 2.12. The number of amides is 1. The Labute approximate surface area is 183 Å². The zero-order valence-corrected chi connectivity index (χ0v) is 19.1. The van der Waals surface area contributed by atoms with Crippen LogP contribution in [0.4, 0.5) is 5.69 Å². The first kappa shape index (κ1) is 21.5. The average molecular weight is 474 g/mol. The van der Waals surface area contributed by atoms with Crippen molar-refractivity contribution in [3.05, 3.63) is 74.1 Å². The fourth-order valence-electron chi connectivity index (χ4n) is 3.04. The van der Waals surface area contributed by atoms with E-state index in [2.05, 4.69) is 37.2 Å². The quantitative estimate of drug-likeness (QED) is 0.497. The normalized spacial score (nSPS) is 10.9. The lowest BCUT2D eigenvalue weighted by Crippen LogP contribution is -2.18. The number of hydrogen-bond donors (Lipinski definition) is 1. The second-order valence-corrected chi connectivity index (χ2v) is 8.76. The molecule has 1 aromatic heterocycles. The Morgan fingerprint density at radius 3 is 2.79 bits per heavy atom. The number of halogens is 1. The van der Waals surface area contributed by atoms with Gasteiger partial charge in [0.2, 0.25) is 5.91 Å². The summed E-state index contributed by atoms with van der Waals surface area (Å²) in [4.78, 5) is 19.1. The summed E-state index contributed by atoms with van der Waals surface area (Å²) in [7, 11) is 3.73. The van der Waals surface area contributed by atoms with E-state index in [1.54, 1.807) is 7.11 Å². The fourth-order valence-corrected chi connectivity index (χ4v) is 4.23. The molecule has 0 atom stereocenters. The first-order chi connectivity index (χ1) is 13.9. The Hall–Kier alpha value is -2.22. The Morgan fingerprint density at radius 2 is 2.03 bits per heavy atom. The van der Waals surface area contributed by atoms with Crippen LogP contribution in [0.1, 0.15) is 21.8 Å². The van der Waals surface area contributed by atoms with Crippen molar-refractivity contribution < 1.29 is 9.53 Å². The third kappa shape index (κ3) is 6.13. The van der Waals surface area contributed by atoms with E-state index in [1.165, 1.54) is 11.3 Å².